The van der Waals surface area contributed by atoms with Gasteiger partial charge in [0.15, 0.2) is 17.3 Å². The van der Waals surface area contributed by atoms with Crippen LogP contribution in [0.1, 0.15) is 46.5 Å². The van der Waals surface area contributed by atoms with Crippen LogP contribution < -0.4 is 14.8 Å². The third kappa shape index (κ3) is 3.25. The molecule has 34 heavy (non-hydrogen) atoms. The largest absolute Gasteiger partial charge is 0.507 e. The minimum Gasteiger partial charge on any atom is -0.507 e. The van der Waals surface area contributed by atoms with Crippen LogP contribution in [0.5, 0.6) is 17.2 Å². The standard InChI is InChI=1S/C26H25NO7/c1-12-7-6-8-13(2)15(12)11-27-25(32)21-18(33-5)9-17(30)22-23(21)34-19-10-16(29)20(14(3)28)24(31)26(19,22)4/h6-10,29-30H,11H2,1-5H3,(H,27,32)/t26-/m1/s1. The number of aromatic hydroxyl groups is 1. The Morgan fingerprint density at radius 3 is 2.41 bits per heavy atom. The lowest BCUT2D eigenvalue weighted by molar-refractivity contribution is -0.123. The van der Waals surface area contributed by atoms with Crippen molar-refractivity contribution < 1.29 is 34.1 Å². The second-order valence-electron chi connectivity index (χ2n) is 8.61. The Morgan fingerprint density at radius 1 is 1.18 bits per heavy atom. The van der Waals surface area contributed by atoms with Crippen LogP contribution in [-0.4, -0.2) is 34.8 Å². The van der Waals surface area contributed by atoms with Gasteiger partial charge >= 0.3 is 0 Å². The highest BCUT2D eigenvalue weighted by Gasteiger charge is 2.55. The molecule has 2 aliphatic rings. The summed E-state index contributed by atoms with van der Waals surface area (Å²) in [6, 6.07) is 7.08. The summed E-state index contributed by atoms with van der Waals surface area (Å²) in [7, 11) is 1.35. The summed E-state index contributed by atoms with van der Waals surface area (Å²) >= 11 is 0. The van der Waals surface area contributed by atoms with E-state index in [4.69, 9.17) is 9.47 Å². The van der Waals surface area contributed by atoms with Gasteiger partial charge in [0.05, 0.1) is 12.7 Å². The van der Waals surface area contributed by atoms with Gasteiger partial charge in [-0.1, -0.05) is 18.2 Å². The van der Waals surface area contributed by atoms with Gasteiger partial charge < -0.3 is 25.0 Å². The molecule has 0 saturated carbocycles. The lowest BCUT2D eigenvalue weighted by Crippen LogP contribution is -2.38. The van der Waals surface area contributed by atoms with E-state index in [-0.39, 0.29) is 46.3 Å². The van der Waals surface area contributed by atoms with E-state index in [0.29, 0.717) is 0 Å². The summed E-state index contributed by atoms with van der Waals surface area (Å²) in [5.74, 6) is -2.74. The van der Waals surface area contributed by atoms with Crippen LogP contribution in [-0.2, 0) is 21.5 Å². The van der Waals surface area contributed by atoms with Crippen molar-refractivity contribution >= 4 is 17.5 Å². The van der Waals surface area contributed by atoms with Crippen molar-refractivity contribution in [3.63, 3.8) is 0 Å². The van der Waals surface area contributed by atoms with E-state index in [0.717, 1.165) is 16.7 Å². The lowest BCUT2D eigenvalue weighted by atomic mass is 9.71. The molecular formula is C26H25NO7. The first kappa shape index (κ1) is 23.1. The Bertz CT molecular complexity index is 1310. The zero-order valence-electron chi connectivity index (χ0n) is 19.5. The molecule has 0 saturated heterocycles. The Balaban J connectivity index is 1.82. The highest BCUT2D eigenvalue weighted by molar-refractivity contribution is 6.25. The molecule has 0 fully saturated rings. The molecular weight excluding hydrogens is 438 g/mol. The number of hydrogen-bond acceptors (Lipinski definition) is 7. The normalized spacial score (nSPS) is 18.6. The van der Waals surface area contributed by atoms with Gasteiger partial charge in [0.2, 0.25) is 0 Å². The highest BCUT2D eigenvalue weighted by atomic mass is 16.5. The molecule has 0 bridgehead atoms. The minimum absolute atomic E-state index is 0.00218. The van der Waals surface area contributed by atoms with Gasteiger partial charge in [-0.3, -0.25) is 14.4 Å². The van der Waals surface area contributed by atoms with E-state index < -0.39 is 28.6 Å². The fraction of sp³-hybridized carbons (Fsp3) is 0.269. The van der Waals surface area contributed by atoms with Crippen molar-refractivity contribution in [2.24, 2.45) is 0 Å². The third-order valence-electron chi connectivity index (χ3n) is 6.50. The molecule has 0 aromatic heterocycles. The molecule has 0 radical (unpaired) electrons. The van der Waals surface area contributed by atoms with Crippen LogP contribution >= 0.6 is 0 Å². The number of fused-ring (bicyclic) bond motifs is 3. The Kier molecular flexibility index (Phi) is 5.47. The molecule has 176 valence electrons. The molecule has 1 heterocycles. The molecule has 1 aliphatic carbocycles. The summed E-state index contributed by atoms with van der Waals surface area (Å²) in [4.78, 5) is 38.7. The van der Waals surface area contributed by atoms with Gasteiger partial charge in [0, 0.05) is 18.7 Å². The van der Waals surface area contributed by atoms with Gasteiger partial charge in [-0.25, -0.2) is 0 Å². The first-order chi connectivity index (χ1) is 16.0. The van der Waals surface area contributed by atoms with Gasteiger partial charge in [-0.2, -0.15) is 0 Å². The van der Waals surface area contributed by atoms with Crippen LogP contribution in [0.2, 0.25) is 0 Å². The van der Waals surface area contributed by atoms with Crippen LogP contribution in [0.4, 0.5) is 0 Å². The van der Waals surface area contributed by atoms with Crippen molar-refractivity contribution in [1.82, 2.24) is 5.32 Å². The van der Waals surface area contributed by atoms with Crippen molar-refractivity contribution in [2.45, 2.75) is 39.7 Å². The van der Waals surface area contributed by atoms with Crippen molar-refractivity contribution in [1.29, 1.82) is 0 Å². The number of hydrogen-bond donors (Lipinski definition) is 3. The monoisotopic (exact) mass is 463 g/mol. The zero-order valence-corrected chi connectivity index (χ0v) is 19.5. The number of benzene rings is 2. The number of aliphatic hydroxyl groups is 1. The highest BCUT2D eigenvalue weighted by Crippen LogP contribution is 2.56. The van der Waals surface area contributed by atoms with Gasteiger partial charge in [0.25, 0.3) is 5.91 Å². The molecule has 0 unspecified atom stereocenters. The van der Waals surface area contributed by atoms with E-state index in [1.54, 1.807) is 0 Å². The summed E-state index contributed by atoms with van der Waals surface area (Å²) in [6.45, 7) is 6.79. The van der Waals surface area contributed by atoms with Crippen molar-refractivity contribution in [3.8, 4) is 17.2 Å². The van der Waals surface area contributed by atoms with E-state index in [1.807, 2.05) is 32.0 Å². The number of ketones is 2. The SMILES string of the molecule is COc1cc(O)c2c(c1C(=O)NCc1c(C)cccc1C)OC1=CC(O)=C(C(C)=O)C(=O)[C@]12C. The number of ether oxygens (including phenoxy) is 2. The second kappa shape index (κ2) is 8.06. The van der Waals surface area contributed by atoms with Crippen LogP contribution in [0.15, 0.2) is 47.4 Å². The number of aliphatic hydroxyl groups excluding tert-OH is 1. The van der Waals surface area contributed by atoms with Crippen LogP contribution in [0.25, 0.3) is 0 Å². The molecule has 0 spiro atoms. The Labute approximate surface area is 196 Å². The van der Waals surface area contributed by atoms with E-state index >= 15 is 0 Å². The third-order valence-corrected chi connectivity index (χ3v) is 6.50. The average molecular weight is 463 g/mol. The predicted molar refractivity (Wildman–Crippen MR) is 123 cm³/mol. The van der Waals surface area contributed by atoms with Gasteiger partial charge in [0.1, 0.15) is 39.6 Å². The number of nitrogens with one attached hydrogen (secondary N) is 1. The Hall–Kier alpha value is -4.07. The maximum absolute atomic E-state index is 13.3. The van der Waals surface area contributed by atoms with E-state index in [2.05, 4.69) is 5.32 Å². The quantitative estimate of drug-likeness (QED) is 0.581. The van der Waals surface area contributed by atoms with Gasteiger partial charge in [-0.05, 0) is 44.4 Å². The number of phenolic OH excluding ortho intramolecular Hbond substituents is 1. The number of carbonyl (C=O) groups is 3. The summed E-state index contributed by atoms with van der Waals surface area (Å²) in [5.41, 5.74) is 1.05. The summed E-state index contributed by atoms with van der Waals surface area (Å²) in [5, 5.41) is 23.9. The van der Waals surface area contributed by atoms with Crippen LogP contribution in [0, 0.1) is 13.8 Å². The number of rotatable bonds is 5. The molecule has 1 atom stereocenters. The first-order valence-electron chi connectivity index (χ1n) is 10.7. The number of carbonyl (C=O) groups excluding carboxylic acids is 3. The predicted octanol–water partition coefficient (Wildman–Crippen LogP) is 3.47. The molecule has 1 amide bonds. The number of Topliss-reactive ketones (excluding diaryl/α,β-unsaturated/α-hetero) is 2. The number of phenols is 1. The van der Waals surface area contributed by atoms with E-state index in [9.17, 15) is 24.6 Å². The topological polar surface area (TPSA) is 122 Å². The minimum atomic E-state index is -1.60. The van der Waals surface area contributed by atoms with Crippen molar-refractivity contribution in [2.75, 3.05) is 7.11 Å². The summed E-state index contributed by atoms with van der Waals surface area (Å²) < 4.78 is 11.2. The lowest BCUT2D eigenvalue weighted by Gasteiger charge is -2.27. The molecule has 2 aromatic rings. The first-order valence-corrected chi connectivity index (χ1v) is 10.7. The molecule has 8 heteroatoms. The number of amides is 1. The second-order valence-corrected chi connectivity index (χ2v) is 8.61. The van der Waals surface area contributed by atoms with E-state index in [1.165, 1.54) is 33.1 Å². The Morgan fingerprint density at radius 2 is 1.82 bits per heavy atom. The molecule has 2 aromatic carbocycles. The maximum atomic E-state index is 13.3. The fourth-order valence-electron chi connectivity index (χ4n) is 4.61. The van der Waals surface area contributed by atoms with Crippen molar-refractivity contribution in [3.05, 3.63) is 75.3 Å². The summed E-state index contributed by atoms with van der Waals surface area (Å²) in [6.07, 6.45) is 1.17. The fourth-order valence-corrected chi connectivity index (χ4v) is 4.61. The number of allylic oxidation sites excluding steroid dienone is 3. The molecule has 1 aliphatic heterocycles. The van der Waals surface area contributed by atoms with Crippen LogP contribution in [0.3, 0.4) is 0 Å². The number of methoxy groups -OCH3 is 1. The smallest absolute Gasteiger partial charge is 0.259 e. The average Bonchev–Trinajstić information content (AvgIpc) is 3.06. The van der Waals surface area contributed by atoms with Gasteiger partial charge in [-0.15, -0.1) is 0 Å². The molecule has 4 rings (SSSR count). The number of aryl methyl sites for hydroxylation is 2. The zero-order chi connectivity index (χ0) is 24.9. The molecule has 8 nitrogen and oxygen atoms in total. The maximum Gasteiger partial charge on any atom is 0.259 e. The molecule has 3 N–H and O–H groups in total.